The topological polar surface area (TPSA) is 73.6 Å². The first-order chi connectivity index (χ1) is 12.6. The van der Waals surface area contributed by atoms with Gasteiger partial charge in [-0.2, -0.15) is 0 Å². The number of ketones is 2. The van der Waals surface area contributed by atoms with Crippen LogP contribution in [0.25, 0.3) is 10.8 Å². The van der Waals surface area contributed by atoms with Gasteiger partial charge in [-0.15, -0.1) is 0 Å². The first-order valence-electron chi connectivity index (χ1n) is 8.37. The van der Waals surface area contributed by atoms with Crippen LogP contribution in [0.5, 0.6) is 0 Å². The summed E-state index contributed by atoms with van der Waals surface area (Å²) in [5, 5.41) is 1.81. The van der Waals surface area contributed by atoms with Crippen molar-refractivity contribution in [3.05, 3.63) is 72.2 Å². The molecule has 2 aromatic carbocycles. The van der Waals surface area contributed by atoms with E-state index >= 15 is 0 Å². The van der Waals surface area contributed by atoms with Crippen LogP contribution in [0.1, 0.15) is 35.4 Å². The highest BCUT2D eigenvalue weighted by Crippen LogP contribution is 2.31. The highest BCUT2D eigenvalue weighted by atomic mass is 16.5. The predicted molar refractivity (Wildman–Crippen MR) is 96.0 cm³/mol. The number of carbonyl (C=O) groups is 3. The van der Waals surface area contributed by atoms with Crippen LogP contribution in [-0.4, -0.2) is 24.1 Å². The Hall–Kier alpha value is -3.21. The number of hydrogen-bond donors (Lipinski definition) is 0. The summed E-state index contributed by atoms with van der Waals surface area (Å²) in [6.45, 7) is 1.73. The second-order valence-corrected chi connectivity index (χ2v) is 5.81. The van der Waals surface area contributed by atoms with Gasteiger partial charge >= 0.3 is 5.97 Å². The molecule has 1 aromatic heterocycles. The predicted octanol–water partition coefficient (Wildman–Crippen LogP) is 3.92. The van der Waals surface area contributed by atoms with E-state index < -0.39 is 17.7 Å². The monoisotopic (exact) mass is 350 g/mol. The molecule has 0 saturated carbocycles. The maximum absolute atomic E-state index is 13.0. The molecule has 0 aliphatic carbocycles. The number of Topliss-reactive ketones (excluding diaryl/α,β-unsaturated/α-hetero) is 2. The van der Waals surface area contributed by atoms with Gasteiger partial charge in [0.05, 0.1) is 18.8 Å². The first kappa shape index (κ1) is 17.6. The number of carbonyl (C=O) groups excluding carboxylic acids is 3. The van der Waals surface area contributed by atoms with E-state index in [0.29, 0.717) is 5.56 Å². The Morgan fingerprint density at radius 2 is 1.77 bits per heavy atom. The Morgan fingerprint density at radius 1 is 1.00 bits per heavy atom. The minimum Gasteiger partial charge on any atom is -0.461 e. The standard InChI is InChI=1S/C21H18O5/c1-2-25-21(24)18(22)13-17(20(23)19-11-6-12-26-19)16-10-5-8-14-7-3-4-9-15(14)16/h3-12,17H,2,13H2,1H3/t17-/m1/s1. The van der Waals surface area contributed by atoms with Gasteiger partial charge < -0.3 is 9.15 Å². The van der Waals surface area contributed by atoms with Gasteiger partial charge in [-0.25, -0.2) is 4.79 Å². The number of fused-ring (bicyclic) bond motifs is 1. The molecule has 0 radical (unpaired) electrons. The molecule has 0 aliphatic heterocycles. The van der Waals surface area contributed by atoms with Crippen molar-refractivity contribution in [1.82, 2.24) is 0 Å². The van der Waals surface area contributed by atoms with Crippen LogP contribution in [-0.2, 0) is 14.3 Å². The van der Waals surface area contributed by atoms with Gasteiger partial charge in [0.25, 0.3) is 0 Å². The quantitative estimate of drug-likeness (QED) is 0.367. The average Bonchev–Trinajstić information content (AvgIpc) is 3.20. The second kappa shape index (κ2) is 7.78. The SMILES string of the molecule is CCOC(=O)C(=O)C[C@@H](C(=O)c1ccco1)c1cccc2ccccc12. The van der Waals surface area contributed by atoms with Gasteiger partial charge in [0.15, 0.2) is 5.76 Å². The molecular formula is C21H18O5. The highest BCUT2D eigenvalue weighted by molar-refractivity contribution is 6.34. The van der Waals surface area contributed by atoms with Crippen molar-refractivity contribution in [3.63, 3.8) is 0 Å². The number of hydrogen-bond acceptors (Lipinski definition) is 5. The van der Waals surface area contributed by atoms with Crippen LogP contribution >= 0.6 is 0 Å². The zero-order chi connectivity index (χ0) is 18.5. The summed E-state index contributed by atoms with van der Waals surface area (Å²) in [6, 6.07) is 16.3. The molecule has 132 valence electrons. The lowest BCUT2D eigenvalue weighted by molar-refractivity contribution is -0.153. The molecule has 0 amide bonds. The van der Waals surface area contributed by atoms with Crippen molar-refractivity contribution in [1.29, 1.82) is 0 Å². The van der Waals surface area contributed by atoms with Crippen LogP contribution < -0.4 is 0 Å². The number of benzene rings is 2. The largest absolute Gasteiger partial charge is 0.461 e. The molecule has 0 saturated heterocycles. The summed E-state index contributed by atoms with van der Waals surface area (Å²) in [5.74, 6) is -2.68. The maximum atomic E-state index is 13.0. The normalized spacial score (nSPS) is 11.9. The van der Waals surface area contributed by atoms with Gasteiger partial charge in [-0.05, 0) is 35.4 Å². The van der Waals surface area contributed by atoms with Gasteiger partial charge in [0.2, 0.25) is 11.6 Å². The molecule has 5 heteroatoms. The third kappa shape index (κ3) is 3.57. The minimum atomic E-state index is -0.926. The molecule has 5 nitrogen and oxygen atoms in total. The highest BCUT2D eigenvalue weighted by Gasteiger charge is 2.30. The molecule has 1 atom stereocenters. The summed E-state index contributed by atoms with van der Waals surface area (Å²) in [4.78, 5) is 37.0. The Bertz CT molecular complexity index is 935. The molecule has 26 heavy (non-hydrogen) atoms. The number of ether oxygens (including phenoxy) is 1. The van der Waals surface area contributed by atoms with E-state index in [1.54, 1.807) is 25.1 Å². The van der Waals surface area contributed by atoms with Gasteiger partial charge in [-0.1, -0.05) is 42.5 Å². The lowest BCUT2D eigenvalue weighted by Crippen LogP contribution is -2.23. The lowest BCUT2D eigenvalue weighted by atomic mass is 9.85. The van der Waals surface area contributed by atoms with Gasteiger partial charge in [0, 0.05) is 6.42 Å². The number of furan rings is 1. The molecule has 0 fully saturated rings. The zero-order valence-corrected chi connectivity index (χ0v) is 14.3. The van der Waals surface area contributed by atoms with E-state index in [4.69, 9.17) is 9.15 Å². The van der Waals surface area contributed by atoms with E-state index in [0.717, 1.165) is 10.8 Å². The molecule has 0 bridgehead atoms. The van der Waals surface area contributed by atoms with E-state index in [1.807, 2.05) is 36.4 Å². The number of esters is 1. The zero-order valence-electron chi connectivity index (χ0n) is 14.3. The molecular weight excluding hydrogens is 332 g/mol. The van der Waals surface area contributed by atoms with Crippen LogP contribution in [0.2, 0.25) is 0 Å². The van der Waals surface area contributed by atoms with Crippen molar-refractivity contribution in [2.75, 3.05) is 6.61 Å². The van der Waals surface area contributed by atoms with Crippen molar-refractivity contribution < 1.29 is 23.5 Å². The van der Waals surface area contributed by atoms with E-state index in [2.05, 4.69) is 0 Å². The summed E-state index contributed by atoms with van der Waals surface area (Å²) in [6.07, 6.45) is 1.13. The summed E-state index contributed by atoms with van der Waals surface area (Å²) in [5.41, 5.74) is 0.683. The first-order valence-corrected chi connectivity index (χ1v) is 8.37. The molecule has 3 aromatic rings. The molecule has 0 N–H and O–H groups in total. The molecule has 1 heterocycles. The fourth-order valence-electron chi connectivity index (χ4n) is 2.97. The van der Waals surface area contributed by atoms with Crippen LogP contribution in [0.15, 0.2) is 65.3 Å². The Kier molecular flexibility index (Phi) is 5.27. The van der Waals surface area contributed by atoms with Crippen LogP contribution in [0.3, 0.4) is 0 Å². The minimum absolute atomic E-state index is 0.107. The molecule has 0 unspecified atom stereocenters. The van der Waals surface area contributed by atoms with Crippen molar-refractivity contribution in [3.8, 4) is 0 Å². The molecule has 0 aliphatic rings. The lowest BCUT2D eigenvalue weighted by Gasteiger charge is -2.16. The summed E-state index contributed by atoms with van der Waals surface area (Å²) < 4.78 is 10.00. The van der Waals surface area contributed by atoms with E-state index in [1.165, 1.54) is 6.26 Å². The smallest absolute Gasteiger partial charge is 0.374 e. The third-order valence-electron chi connectivity index (χ3n) is 4.17. The fourth-order valence-corrected chi connectivity index (χ4v) is 2.97. The van der Waals surface area contributed by atoms with Gasteiger partial charge in [-0.3, -0.25) is 9.59 Å². The fraction of sp³-hybridized carbons (Fsp3) is 0.190. The molecule has 0 spiro atoms. The second-order valence-electron chi connectivity index (χ2n) is 5.81. The summed E-state index contributed by atoms with van der Waals surface area (Å²) >= 11 is 0. The average molecular weight is 350 g/mol. The summed E-state index contributed by atoms with van der Waals surface area (Å²) in [7, 11) is 0. The Labute approximate surface area is 150 Å². The maximum Gasteiger partial charge on any atom is 0.374 e. The van der Waals surface area contributed by atoms with Crippen molar-refractivity contribution in [2.24, 2.45) is 0 Å². The molecule has 3 rings (SSSR count). The number of rotatable bonds is 7. The van der Waals surface area contributed by atoms with Crippen LogP contribution in [0.4, 0.5) is 0 Å². The van der Waals surface area contributed by atoms with E-state index in [9.17, 15) is 14.4 Å². The Balaban J connectivity index is 2.04. The van der Waals surface area contributed by atoms with E-state index in [-0.39, 0.29) is 24.6 Å². The third-order valence-corrected chi connectivity index (χ3v) is 4.17. The van der Waals surface area contributed by atoms with Crippen molar-refractivity contribution in [2.45, 2.75) is 19.3 Å². The van der Waals surface area contributed by atoms with Gasteiger partial charge in [0.1, 0.15) is 0 Å². The van der Waals surface area contributed by atoms with Crippen LogP contribution in [0, 0.1) is 0 Å². The Morgan fingerprint density at radius 3 is 2.50 bits per heavy atom. The van der Waals surface area contributed by atoms with Crippen molar-refractivity contribution >= 4 is 28.3 Å².